The number of hydrogen-bond acceptors (Lipinski definition) is 3. The Bertz CT molecular complexity index is 756. The Balaban J connectivity index is 1.66. The Morgan fingerprint density at radius 3 is 2.68 bits per heavy atom. The summed E-state index contributed by atoms with van der Waals surface area (Å²) in [4.78, 5) is 14.6. The minimum absolute atomic E-state index is 0.0212. The summed E-state index contributed by atoms with van der Waals surface area (Å²) >= 11 is 5.98. The molecule has 0 bridgehead atoms. The van der Waals surface area contributed by atoms with Crippen LogP contribution < -0.4 is 11.1 Å². The number of benzene rings is 2. The minimum Gasteiger partial charge on any atom is -0.326 e. The van der Waals surface area contributed by atoms with E-state index in [1.54, 1.807) is 0 Å². The molecular formula is C19H21ClFN3O. The van der Waals surface area contributed by atoms with E-state index in [2.05, 4.69) is 22.3 Å². The average molecular weight is 362 g/mol. The Hall–Kier alpha value is -1.95. The zero-order valence-electron chi connectivity index (χ0n) is 14.0. The van der Waals surface area contributed by atoms with Gasteiger partial charge in [-0.2, -0.15) is 0 Å². The van der Waals surface area contributed by atoms with E-state index in [0.29, 0.717) is 12.2 Å². The van der Waals surface area contributed by atoms with E-state index >= 15 is 0 Å². The lowest BCUT2D eigenvalue weighted by molar-refractivity contribution is -0.120. The van der Waals surface area contributed by atoms with Gasteiger partial charge in [0.2, 0.25) is 5.91 Å². The molecule has 3 N–H and O–H groups in total. The fourth-order valence-corrected chi connectivity index (χ4v) is 3.44. The first kappa shape index (κ1) is 17.9. The third-order valence-electron chi connectivity index (χ3n) is 4.74. The number of halogens is 2. The fraction of sp³-hybridized carbons (Fsp3) is 0.316. The van der Waals surface area contributed by atoms with Crippen LogP contribution in [0.1, 0.15) is 18.4 Å². The third-order valence-corrected chi connectivity index (χ3v) is 5.05. The van der Waals surface area contributed by atoms with Crippen LogP contribution in [0.2, 0.25) is 5.02 Å². The van der Waals surface area contributed by atoms with Crippen molar-refractivity contribution >= 4 is 23.2 Å². The first-order chi connectivity index (χ1) is 12.0. The molecule has 3 rings (SSSR count). The molecule has 1 aliphatic rings. The number of amides is 1. The molecule has 25 heavy (non-hydrogen) atoms. The summed E-state index contributed by atoms with van der Waals surface area (Å²) in [6.07, 6.45) is 0. The lowest BCUT2D eigenvalue weighted by atomic mass is 9.95. The van der Waals surface area contributed by atoms with Crippen molar-refractivity contribution in [2.75, 3.05) is 18.4 Å². The highest BCUT2D eigenvalue weighted by molar-refractivity contribution is 6.33. The largest absolute Gasteiger partial charge is 0.326 e. The molecule has 0 spiro atoms. The Morgan fingerprint density at radius 1 is 1.28 bits per heavy atom. The predicted molar refractivity (Wildman–Crippen MR) is 98.2 cm³/mol. The van der Waals surface area contributed by atoms with Gasteiger partial charge in [0, 0.05) is 25.0 Å². The highest BCUT2D eigenvalue weighted by Gasteiger charge is 2.35. The third kappa shape index (κ3) is 4.00. The van der Waals surface area contributed by atoms with Crippen LogP contribution in [0.5, 0.6) is 0 Å². The first-order valence-corrected chi connectivity index (χ1v) is 8.64. The lowest BCUT2D eigenvalue weighted by Crippen LogP contribution is -2.41. The lowest BCUT2D eigenvalue weighted by Gasteiger charge is -2.23. The summed E-state index contributed by atoms with van der Waals surface area (Å²) in [5.74, 6) is -0.424. The molecule has 0 aromatic heterocycles. The van der Waals surface area contributed by atoms with Crippen molar-refractivity contribution in [3.63, 3.8) is 0 Å². The zero-order chi connectivity index (χ0) is 18.0. The van der Waals surface area contributed by atoms with E-state index in [1.807, 2.05) is 25.1 Å². The Kier molecular flexibility index (Phi) is 5.37. The van der Waals surface area contributed by atoms with Gasteiger partial charge in [-0.05, 0) is 30.7 Å². The zero-order valence-corrected chi connectivity index (χ0v) is 14.7. The molecule has 2 aromatic rings. The van der Waals surface area contributed by atoms with Crippen molar-refractivity contribution < 1.29 is 9.18 Å². The molecule has 1 heterocycles. The number of anilines is 1. The summed E-state index contributed by atoms with van der Waals surface area (Å²) in [6.45, 7) is 3.20. The van der Waals surface area contributed by atoms with Gasteiger partial charge in [0.1, 0.15) is 5.82 Å². The number of nitrogens with two attached hydrogens (primary N) is 1. The van der Waals surface area contributed by atoms with Crippen LogP contribution in [-0.2, 0) is 4.79 Å². The fourth-order valence-electron chi connectivity index (χ4n) is 3.22. The molecule has 1 unspecified atom stereocenters. The van der Waals surface area contributed by atoms with E-state index in [1.165, 1.54) is 23.8 Å². The standard InChI is InChI=1S/C19H21ClFN3O/c1-12(19(25)23-18-8-7-14(21)9-16(18)20)24-10-15(17(22)11-24)13-5-3-2-4-6-13/h2-9,12,15,17H,10-11,22H2,1H3,(H,23,25)/t12?,15-,17+/m0/s1. The Morgan fingerprint density at radius 2 is 2.00 bits per heavy atom. The van der Waals surface area contributed by atoms with Gasteiger partial charge in [-0.3, -0.25) is 9.69 Å². The highest BCUT2D eigenvalue weighted by atomic mass is 35.5. The maximum Gasteiger partial charge on any atom is 0.241 e. The van der Waals surface area contributed by atoms with Crippen LogP contribution >= 0.6 is 11.6 Å². The van der Waals surface area contributed by atoms with Gasteiger partial charge in [0.15, 0.2) is 0 Å². The maximum atomic E-state index is 13.1. The second kappa shape index (κ2) is 7.52. The molecule has 3 atom stereocenters. The first-order valence-electron chi connectivity index (χ1n) is 8.26. The van der Waals surface area contributed by atoms with Crippen LogP contribution in [0.4, 0.5) is 10.1 Å². The molecule has 1 saturated heterocycles. The van der Waals surface area contributed by atoms with Crippen molar-refractivity contribution in [3.8, 4) is 0 Å². The van der Waals surface area contributed by atoms with Crippen molar-refractivity contribution in [1.29, 1.82) is 0 Å². The number of nitrogens with zero attached hydrogens (tertiary/aromatic N) is 1. The van der Waals surface area contributed by atoms with Crippen LogP contribution in [0.3, 0.4) is 0 Å². The van der Waals surface area contributed by atoms with Gasteiger partial charge in [0.25, 0.3) is 0 Å². The van der Waals surface area contributed by atoms with Crippen LogP contribution in [-0.4, -0.2) is 36.0 Å². The minimum atomic E-state index is -0.438. The molecule has 1 aliphatic heterocycles. The maximum absolute atomic E-state index is 13.1. The molecule has 1 amide bonds. The molecule has 4 nitrogen and oxygen atoms in total. The molecule has 0 saturated carbocycles. The monoisotopic (exact) mass is 361 g/mol. The van der Waals surface area contributed by atoms with Crippen LogP contribution in [0.15, 0.2) is 48.5 Å². The summed E-state index contributed by atoms with van der Waals surface area (Å²) in [5.41, 5.74) is 7.89. The number of rotatable bonds is 4. The van der Waals surface area contributed by atoms with Gasteiger partial charge < -0.3 is 11.1 Å². The van der Waals surface area contributed by atoms with E-state index in [4.69, 9.17) is 17.3 Å². The van der Waals surface area contributed by atoms with Crippen molar-refractivity contribution in [2.45, 2.75) is 24.9 Å². The van der Waals surface area contributed by atoms with Crippen LogP contribution in [0, 0.1) is 5.82 Å². The normalized spacial score (nSPS) is 21.9. The van der Waals surface area contributed by atoms with Gasteiger partial charge in [-0.25, -0.2) is 4.39 Å². The van der Waals surface area contributed by atoms with Gasteiger partial charge >= 0.3 is 0 Å². The van der Waals surface area contributed by atoms with E-state index in [0.717, 1.165) is 6.54 Å². The SMILES string of the molecule is CC(C(=O)Nc1ccc(F)cc1Cl)N1C[C@@H](N)[C@H](c2ccccc2)C1. The average Bonchev–Trinajstić information content (AvgIpc) is 2.99. The Labute approximate surface area is 151 Å². The van der Waals surface area contributed by atoms with Crippen molar-refractivity contribution in [2.24, 2.45) is 5.73 Å². The van der Waals surface area contributed by atoms with Gasteiger partial charge in [0.05, 0.1) is 16.8 Å². The number of carbonyl (C=O) groups excluding carboxylic acids is 1. The predicted octanol–water partition coefficient (Wildman–Crippen LogP) is 3.23. The molecule has 0 aliphatic carbocycles. The van der Waals surface area contributed by atoms with Crippen molar-refractivity contribution in [1.82, 2.24) is 4.90 Å². The molecular weight excluding hydrogens is 341 g/mol. The summed E-state index contributed by atoms with van der Waals surface area (Å²) in [5, 5.41) is 2.94. The van der Waals surface area contributed by atoms with E-state index < -0.39 is 5.82 Å². The number of hydrogen-bond donors (Lipinski definition) is 2. The molecule has 132 valence electrons. The van der Waals surface area contributed by atoms with Crippen molar-refractivity contribution in [3.05, 3.63) is 64.9 Å². The summed E-state index contributed by atoms with van der Waals surface area (Å²) < 4.78 is 13.1. The molecule has 2 aromatic carbocycles. The highest BCUT2D eigenvalue weighted by Crippen LogP contribution is 2.28. The second-order valence-corrected chi connectivity index (χ2v) is 6.83. The van der Waals surface area contributed by atoms with Gasteiger partial charge in [-0.1, -0.05) is 41.9 Å². The summed E-state index contributed by atoms with van der Waals surface area (Å²) in [7, 11) is 0. The number of carbonyl (C=O) groups is 1. The van der Waals surface area contributed by atoms with Crippen LogP contribution in [0.25, 0.3) is 0 Å². The smallest absolute Gasteiger partial charge is 0.241 e. The molecule has 1 fully saturated rings. The van der Waals surface area contributed by atoms with E-state index in [-0.39, 0.29) is 28.9 Å². The molecule has 6 heteroatoms. The van der Waals surface area contributed by atoms with E-state index in [9.17, 15) is 9.18 Å². The molecule has 0 radical (unpaired) electrons. The quantitative estimate of drug-likeness (QED) is 0.879. The number of likely N-dealkylation sites (tertiary alicyclic amines) is 1. The second-order valence-electron chi connectivity index (χ2n) is 6.42. The topological polar surface area (TPSA) is 58.4 Å². The van der Waals surface area contributed by atoms with Gasteiger partial charge in [-0.15, -0.1) is 0 Å². The number of nitrogens with one attached hydrogen (secondary N) is 1. The summed E-state index contributed by atoms with van der Waals surface area (Å²) in [6, 6.07) is 13.6.